The third-order valence-corrected chi connectivity index (χ3v) is 2.43. The number of nitrogens with zero attached hydrogens (tertiary/aromatic N) is 2. The van der Waals surface area contributed by atoms with Crippen LogP contribution in [-0.2, 0) is 13.0 Å². The molecule has 0 unspecified atom stereocenters. The minimum absolute atomic E-state index is 0.0303. The van der Waals surface area contributed by atoms with E-state index in [2.05, 4.69) is 9.97 Å². The van der Waals surface area contributed by atoms with Crippen molar-refractivity contribution < 1.29 is 5.11 Å². The van der Waals surface area contributed by atoms with Gasteiger partial charge >= 0.3 is 0 Å². The highest BCUT2D eigenvalue weighted by molar-refractivity contribution is 6.30. The number of aliphatic hydroxyl groups is 1. The smallest absolute Gasteiger partial charge is 0.132 e. The Labute approximate surface area is 98.8 Å². The Balaban J connectivity index is 2.14. The van der Waals surface area contributed by atoms with Crippen LogP contribution in [0, 0.1) is 0 Å². The van der Waals surface area contributed by atoms with Crippen LogP contribution in [0.5, 0.6) is 0 Å². The summed E-state index contributed by atoms with van der Waals surface area (Å²) in [6.07, 6.45) is 3.91. The number of hydrogen-bond donors (Lipinski definition) is 1. The number of halogens is 1. The fourth-order valence-corrected chi connectivity index (χ4v) is 1.60. The van der Waals surface area contributed by atoms with E-state index in [1.807, 2.05) is 24.3 Å². The number of aromatic nitrogens is 2. The molecule has 0 bridgehead atoms. The Morgan fingerprint density at radius 3 is 2.50 bits per heavy atom. The van der Waals surface area contributed by atoms with Gasteiger partial charge in [-0.2, -0.15) is 0 Å². The molecule has 2 rings (SSSR count). The van der Waals surface area contributed by atoms with Crippen molar-refractivity contribution in [2.75, 3.05) is 0 Å². The Morgan fingerprint density at radius 1 is 1.12 bits per heavy atom. The van der Waals surface area contributed by atoms with Crippen molar-refractivity contribution in [1.29, 1.82) is 0 Å². The Kier molecular flexibility index (Phi) is 3.49. The molecule has 16 heavy (non-hydrogen) atoms. The second kappa shape index (κ2) is 5.05. The largest absolute Gasteiger partial charge is 0.392 e. The summed E-state index contributed by atoms with van der Waals surface area (Å²) in [5, 5.41) is 9.57. The zero-order chi connectivity index (χ0) is 11.4. The number of rotatable bonds is 3. The second-order valence-electron chi connectivity index (χ2n) is 3.47. The zero-order valence-electron chi connectivity index (χ0n) is 8.60. The zero-order valence-corrected chi connectivity index (χ0v) is 9.35. The average molecular weight is 235 g/mol. The molecule has 0 spiro atoms. The van der Waals surface area contributed by atoms with Crippen LogP contribution in [0.2, 0.25) is 5.02 Å². The maximum atomic E-state index is 8.86. The molecule has 0 saturated heterocycles. The Morgan fingerprint density at radius 2 is 1.88 bits per heavy atom. The predicted octanol–water partition coefficient (Wildman–Crippen LogP) is 2.21. The summed E-state index contributed by atoms with van der Waals surface area (Å²) in [5.41, 5.74) is 1.79. The van der Waals surface area contributed by atoms with E-state index in [1.54, 1.807) is 12.4 Å². The molecule has 0 aliphatic carbocycles. The van der Waals surface area contributed by atoms with Crippen molar-refractivity contribution in [1.82, 2.24) is 9.97 Å². The average Bonchev–Trinajstić information content (AvgIpc) is 2.30. The first-order valence-corrected chi connectivity index (χ1v) is 5.31. The molecule has 0 saturated carbocycles. The first-order valence-electron chi connectivity index (χ1n) is 4.93. The van der Waals surface area contributed by atoms with E-state index < -0.39 is 0 Å². The molecule has 0 atom stereocenters. The van der Waals surface area contributed by atoms with Crippen molar-refractivity contribution in [2.45, 2.75) is 13.0 Å². The van der Waals surface area contributed by atoms with Gasteiger partial charge in [-0.1, -0.05) is 23.7 Å². The molecular weight excluding hydrogens is 224 g/mol. The standard InChI is InChI=1S/C12H11ClN2O/c13-11-3-1-2-9(4-11)5-12-14-6-10(8-16)7-15-12/h1-4,6-7,16H,5,8H2. The monoisotopic (exact) mass is 234 g/mol. The van der Waals surface area contributed by atoms with Gasteiger partial charge in [0.2, 0.25) is 0 Å². The summed E-state index contributed by atoms with van der Waals surface area (Å²) in [4.78, 5) is 8.32. The van der Waals surface area contributed by atoms with E-state index in [4.69, 9.17) is 16.7 Å². The van der Waals surface area contributed by atoms with E-state index in [1.165, 1.54) is 0 Å². The summed E-state index contributed by atoms with van der Waals surface area (Å²) in [5.74, 6) is 0.722. The molecule has 2 aromatic rings. The highest BCUT2D eigenvalue weighted by Gasteiger charge is 2.00. The van der Waals surface area contributed by atoms with Crippen molar-refractivity contribution in [2.24, 2.45) is 0 Å². The van der Waals surface area contributed by atoms with Crippen molar-refractivity contribution >= 4 is 11.6 Å². The molecule has 0 fully saturated rings. The molecule has 0 radical (unpaired) electrons. The summed E-state index contributed by atoms with van der Waals surface area (Å²) in [7, 11) is 0. The third-order valence-electron chi connectivity index (χ3n) is 2.19. The molecule has 0 aliphatic rings. The molecule has 1 heterocycles. The van der Waals surface area contributed by atoms with Gasteiger partial charge in [-0.25, -0.2) is 9.97 Å². The first kappa shape index (κ1) is 11.0. The van der Waals surface area contributed by atoms with Crippen LogP contribution >= 0.6 is 11.6 Å². The fraction of sp³-hybridized carbons (Fsp3) is 0.167. The van der Waals surface area contributed by atoms with Gasteiger partial charge in [0.05, 0.1) is 6.61 Å². The molecule has 82 valence electrons. The SMILES string of the molecule is OCc1cnc(Cc2cccc(Cl)c2)nc1. The van der Waals surface area contributed by atoms with E-state index in [-0.39, 0.29) is 6.61 Å². The summed E-state index contributed by atoms with van der Waals surface area (Å²) < 4.78 is 0. The van der Waals surface area contributed by atoms with Crippen LogP contribution in [0.25, 0.3) is 0 Å². The van der Waals surface area contributed by atoms with Gasteiger partial charge in [0.1, 0.15) is 5.82 Å². The minimum atomic E-state index is -0.0303. The minimum Gasteiger partial charge on any atom is -0.392 e. The van der Waals surface area contributed by atoms with Crippen LogP contribution in [-0.4, -0.2) is 15.1 Å². The molecule has 4 heteroatoms. The number of aliphatic hydroxyl groups excluding tert-OH is 1. The van der Waals surface area contributed by atoms with Gasteiger partial charge in [0.25, 0.3) is 0 Å². The van der Waals surface area contributed by atoms with Crippen LogP contribution in [0.4, 0.5) is 0 Å². The molecule has 1 N–H and O–H groups in total. The summed E-state index contributed by atoms with van der Waals surface area (Å²) in [6, 6.07) is 7.61. The molecule has 0 amide bonds. The molecule has 0 aliphatic heterocycles. The Bertz CT molecular complexity index is 471. The molecular formula is C12H11ClN2O. The molecule has 1 aromatic carbocycles. The van der Waals surface area contributed by atoms with Crippen LogP contribution in [0.3, 0.4) is 0 Å². The van der Waals surface area contributed by atoms with Crippen molar-refractivity contribution in [3.63, 3.8) is 0 Å². The lowest BCUT2D eigenvalue weighted by molar-refractivity contribution is 0.280. The van der Waals surface area contributed by atoms with E-state index in [0.717, 1.165) is 17.0 Å². The van der Waals surface area contributed by atoms with E-state index in [9.17, 15) is 0 Å². The van der Waals surface area contributed by atoms with E-state index >= 15 is 0 Å². The van der Waals surface area contributed by atoms with Gasteiger partial charge in [-0.15, -0.1) is 0 Å². The van der Waals surface area contributed by atoms with Crippen LogP contribution in [0.1, 0.15) is 17.0 Å². The van der Waals surface area contributed by atoms with Crippen LogP contribution < -0.4 is 0 Å². The normalized spacial score (nSPS) is 10.4. The molecule has 3 nitrogen and oxygen atoms in total. The summed E-state index contributed by atoms with van der Waals surface area (Å²) in [6.45, 7) is -0.0303. The highest BCUT2D eigenvalue weighted by atomic mass is 35.5. The highest BCUT2D eigenvalue weighted by Crippen LogP contribution is 2.12. The lowest BCUT2D eigenvalue weighted by atomic mass is 10.1. The van der Waals surface area contributed by atoms with Crippen LogP contribution in [0.15, 0.2) is 36.7 Å². The van der Waals surface area contributed by atoms with Gasteiger partial charge in [0, 0.05) is 29.4 Å². The Hall–Kier alpha value is -1.45. The third kappa shape index (κ3) is 2.78. The lowest BCUT2D eigenvalue weighted by Gasteiger charge is -2.01. The van der Waals surface area contributed by atoms with Gasteiger partial charge in [0.15, 0.2) is 0 Å². The number of hydrogen-bond acceptors (Lipinski definition) is 3. The van der Waals surface area contributed by atoms with Gasteiger partial charge < -0.3 is 5.11 Å². The predicted molar refractivity (Wildman–Crippen MR) is 62.2 cm³/mol. The van der Waals surface area contributed by atoms with Gasteiger partial charge in [-0.3, -0.25) is 0 Å². The topological polar surface area (TPSA) is 46.0 Å². The van der Waals surface area contributed by atoms with Crippen molar-refractivity contribution in [3.8, 4) is 0 Å². The quantitative estimate of drug-likeness (QED) is 0.886. The van der Waals surface area contributed by atoms with E-state index in [0.29, 0.717) is 11.4 Å². The second-order valence-corrected chi connectivity index (χ2v) is 3.91. The fourth-order valence-electron chi connectivity index (χ4n) is 1.38. The molecule has 1 aromatic heterocycles. The maximum Gasteiger partial charge on any atom is 0.132 e. The number of benzene rings is 1. The maximum absolute atomic E-state index is 8.86. The first-order chi connectivity index (χ1) is 7.78. The lowest BCUT2D eigenvalue weighted by Crippen LogP contribution is -1.97. The summed E-state index contributed by atoms with van der Waals surface area (Å²) >= 11 is 5.88. The van der Waals surface area contributed by atoms with Gasteiger partial charge in [-0.05, 0) is 17.7 Å². The van der Waals surface area contributed by atoms with Crippen molar-refractivity contribution in [3.05, 3.63) is 58.6 Å².